The van der Waals surface area contributed by atoms with Gasteiger partial charge in [-0.3, -0.25) is 5.43 Å². The van der Waals surface area contributed by atoms with E-state index in [1.165, 1.54) is 10.8 Å². The number of hydrazone groups is 1. The molecule has 0 saturated carbocycles. The smallest absolute Gasteiger partial charge is 0.191 e. The van der Waals surface area contributed by atoms with Crippen LogP contribution >= 0.6 is 35.4 Å². The molecule has 6 heteroatoms. The van der Waals surface area contributed by atoms with Crippen LogP contribution < -0.4 is 10.7 Å². The molecule has 3 aromatic carbocycles. The molecule has 0 bridgehead atoms. The Labute approximate surface area is 161 Å². The van der Waals surface area contributed by atoms with E-state index in [-0.39, 0.29) is 0 Å². The number of halogens is 2. The minimum Gasteiger partial charge on any atom is -0.330 e. The lowest BCUT2D eigenvalue weighted by molar-refractivity contribution is 1.04. The van der Waals surface area contributed by atoms with Gasteiger partial charge in [0.1, 0.15) is 0 Å². The molecule has 0 amide bonds. The summed E-state index contributed by atoms with van der Waals surface area (Å²) in [5.41, 5.74) is 5.36. The lowest BCUT2D eigenvalue weighted by Gasteiger charge is -2.10. The van der Waals surface area contributed by atoms with Crippen molar-refractivity contribution in [3.05, 3.63) is 76.3 Å². The van der Waals surface area contributed by atoms with Crippen molar-refractivity contribution in [3.63, 3.8) is 0 Å². The highest BCUT2D eigenvalue weighted by atomic mass is 35.5. The van der Waals surface area contributed by atoms with Gasteiger partial charge in [0.25, 0.3) is 0 Å². The van der Waals surface area contributed by atoms with Gasteiger partial charge in [0, 0.05) is 5.02 Å². The van der Waals surface area contributed by atoms with Crippen LogP contribution in [0.3, 0.4) is 0 Å². The zero-order chi connectivity index (χ0) is 17.8. The summed E-state index contributed by atoms with van der Waals surface area (Å²) in [7, 11) is 0. The van der Waals surface area contributed by atoms with Crippen LogP contribution in [0.2, 0.25) is 10.0 Å². The number of anilines is 1. The van der Waals surface area contributed by atoms with Crippen molar-refractivity contribution in [2.24, 2.45) is 5.10 Å². The Morgan fingerprint density at radius 2 is 1.72 bits per heavy atom. The Morgan fingerprint density at radius 3 is 2.48 bits per heavy atom. The molecule has 0 heterocycles. The van der Waals surface area contributed by atoms with Crippen molar-refractivity contribution < 1.29 is 0 Å². The van der Waals surface area contributed by atoms with E-state index in [1.54, 1.807) is 18.2 Å². The Morgan fingerprint density at radius 1 is 0.960 bits per heavy atom. The SMILES string of the molecule is C/C(=N\NC(=S)Nc1ccc(Cl)cc1Cl)c1ccc2ccccc2c1. The van der Waals surface area contributed by atoms with E-state index in [9.17, 15) is 0 Å². The second-order valence-corrected chi connectivity index (χ2v) is 6.70. The zero-order valence-electron chi connectivity index (χ0n) is 13.4. The summed E-state index contributed by atoms with van der Waals surface area (Å²) in [5, 5.41) is 11.1. The first kappa shape index (κ1) is 17.7. The molecule has 0 atom stereocenters. The van der Waals surface area contributed by atoms with Crippen LogP contribution in [0.5, 0.6) is 0 Å². The molecular weight excluding hydrogens is 373 g/mol. The molecular formula is C19H15Cl2N3S. The van der Waals surface area contributed by atoms with Crippen LogP contribution in [-0.4, -0.2) is 10.8 Å². The van der Waals surface area contributed by atoms with E-state index >= 15 is 0 Å². The number of hydrogen-bond acceptors (Lipinski definition) is 2. The molecule has 0 aliphatic heterocycles. The summed E-state index contributed by atoms with van der Waals surface area (Å²) < 4.78 is 0. The van der Waals surface area contributed by atoms with Gasteiger partial charge >= 0.3 is 0 Å². The van der Waals surface area contributed by atoms with Crippen LogP contribution in [0, 0.1) is 0 Å². The van der Waals surface area contributed by atoms with Gasteiger partial charge in [-0.25, -0.2) is 0 Å². The quantitative estimate of drug-likeness (QED) is 0.335. The normalized spacial score (nSPS) is 11.4. The molecule has 2 N–H and O–H groups in total. The van der Waals surface area contributed by atoms with Crippen molar-refractivity contribution in [1.82, 2.24) is 5.43 Å². The van der Waals surface area contributed by atoms with Gasteiger partial charge in [-0.05, 0) is 59.7 Å². The number of hydrogen-bond donors (Lipinski definition) is 2. The zero-order valence-corrected chi connectivity index (χ0v) is 15.7. The fourth-order valence-corrected chi connectivity index (χ4v) is 2.97. The predicted molar refractivity (Wildman–Crippen MR) is 112 cm³/mol. The number of benzene rings is 3. The Hall–Kier alpha value is -2.14. The maximum absolute atomic E-state index is 6.12. The van der Waals surface area contributed by atoms with Gasteiger partial charge in [-0.2, -0.15) is 5.10 Å². The summed E-state index contributed by atoms with van der Waals surface area (Å²) in [6, 6.07) is 19.6. The van der Waals surface area contributed by atoms with Crippen LogP contribution in [-0.2, 0) is 0 Å². The maximum atomic E-state index is 6.12. The Balaban J connectivity index is 1.70. The lowest BCUT2D eigenvalue weighted by atomic mass is 10.0. The minimum atomic E-state index is 0.351. The maximum Gasteiger partial charge on any atom is 0.191 e. The van der Waals surface area contributed by atoms with Gasteiger partial charge < -0.3 is 5.32 Å². The summed E-state index contributed by atoms with van der Waals surface area (Å²) >= 11 is 17.3. The number of rotatable bonds is 3. The Kier molecular flexibility index (Phi) is 5.53. The molecule has 3 rings (SSSR count). The van der Waals surface area contributed by atoms with Gasteiger partial charge in [0.2, 0.25) is 0 Å². The number of fused-ring (bicyclic) bond motifs is 1. The monoisotopic (exact) mass is 387 g/mol. The fraction of sp³-hybridized carbons (Fsp3) is 0.0526. The average Bonchev–Trinajstić information content (AvgIpc) is 2.61. The second-order valence-electron chi connectivity index (χ2n) is 5.45. The molecule has 0 unspecified atom stereocenters. The molecule has 25 heavy (non-hydrogen) atoms. The van der Waals surface area contributed by atoms with Crippen LogP contribution in [0.15, 0.2) is 65.8 Å². The molecule has 0 saturated heterocycles. The Bertz CT molecular complexity index is 970. The van der Waals surface area contributed by atoms with Gasteiger partial charge in [0.15, 0.2) is 5.11 Å². The molecule has 0 aliphatic carbocycles. The van der Waals surface area contributed by atoms with Crippen molar-refractivity contribution >= 4 is 62.7 Å². The average molecular weight is 388 g/mol. The fourth-order valence-electron chi connectivity index (χ4n) is 2.35. The van der Waals surface area contributed by atoms with E-state index in [0.29, 0.717) is 20.8 Å². The van der Waals surface area contributed by atoms with Crippen molar-refractivity contribution in [2.45, 2.75) is 6.92 Å². The topological polar surface area (TPSA) is 36.4 Å². The third kappa shape index (κ3) is 4.48. The largest absolute Gasteiger partial charge is 0.330 e. The first-order valence-corrected chi connectivity index (χ1v) is 8.75. The van der Waals surface area contributed by atoms with Crippen LogP contribution in [0.1, 0.15) is 12.5 Å². The summed E-state index contributed by atoms with van der Waals surface area (Å²) in [6.07, 6.45) is 0. The molecule has 0 radical (unpaired) electrons. The number of thiocarbonyl (C=S) groups is 1. The van der Waals surface area contributed by atoms with E-state index in [2.05, 4.69) is 40.1 Å². The molecule has 0 aromatic heterocycles. The van der Waals surface area contributed by atoms with E-state index in [1.807, 2.05) is 25.1 Å². The predicted octanol–water partition coefficient (Wildman–Crippen LogP) is 5.86. The molecule has 0 aliphatic rings. The number of nitrogens with one attached hydrogen (secondary N) is 2. The first-order chi connectivity index (χ1) is 12.0. The molecule has 0 fully saturated rings. The van der Waals surface area contributed by atoms with E-state index in [0.717, 1.165) is 11.3 Å². The molecule has 3 aromatic rings. The van der Waals surface area contributed by atoms with Crippen LogP contribution in [0.25, 0.3) is 10.8 Å². The van der Waals surface area contributed by atoms with E-state index in [4.69, 9.17) is 35.4 Å². The van der Waals surface area contributed by atoms with Crippen molar-refractivity contribution in [2.75, 3.05) is 5.32 Å². The third-order valence-electron chi connectivity index (χ3n) is 3.67. The highest BCUT2D eigenvalue weighted by Crippen LogP contribution is 2.25. The first-order valence-electron chi connectivity index (χ1n) is 7.58. The highest BCUT2D eigenvalue weighted by molar-refractivity contribution is 7.80. The summed E-state index contributed by atoms with van der Waals surface area (Å²) in [5.74, 6) is 0. The van der Waals surface area contributed by atoms with Gasteiger partial charge in [-0.1, -0.05) is 59.6 Å². The van der Waals surface area contributed by atoms with Gasteiger partial charge in [0.05, 0.1) is 16.4 Å². The van der Waals surface area contributed by atoms with Crippen LogP contribution in [0.4, 0.5) is 5.69 Å². The van der Waals surface area contributed by atoms with Crippen molar-refractivity contribution in [1.29, 1.82) is 0 Å². The molecule has 3 nitrogen and oxygen atoms in total. The van der Waals surface area contributed by atoms with E-state index < -0.39 is 0 Å². The molecule has 126 valence electrons. The third-order valence-corrected chi connectivity index (χ3v) is 4.41. The summed E-state index contributed by atoms with van der Waals surface area (Å²) in [6.45, 7) is 1.93. The summed E-state index contributed by atoms with van der Waals surface area (Å²) in [4.78, 5) is 0. The second kappa shape index (κ2) is 7.83. The van der Waals surface area contributed by atoms with Gasteiger partial charge in [-0.15, -0.1) is 0 Å². The lowest BCUT2D eigenvalue weighted by Crippen LogP contribution is -2.25. The number of nitrogens with zero attached hydrogens (tertiary/aromatic N) is 1. The minimum absolute atomic E-state index is 0.351. The molecule has 0 spiro atoms. The van der Waals surface area contributed by atoms with Crippen molar-refractivity contribution in [3.8, 4) is 0 Å². The standard InChI is InChI=1S/C19H15Cl2N3S/c1-12(14-7-6-13-4-2-3-5-15(13)10-14)23-24-19(25)22-18-9-8-16(20)11-17(18)21/h2-11H,1H3,(H2,22,24,25)/b23-12+. The highest BCUT2D eigenvalue weighted by Gasteiger charge is 2.04.